The maximum atomic E-state index is 3.88. The second kappa shape index (κ2) is 6.22. The summed E-state index contributed by atoms with van der Waals surface area (Å²) in [7, 11) is 0. The van der Waals surface area contributed by atoms with E-state index in [1.807, 2.05) is 0 Å². The van der Waals surface area contributed by atoms with E-state index in [2.05, 4.69) is 19.2 Å². The molecule has 1 N–H and O–H groups in total. The predicted molar refractivity (Wildman–Crippen MR) is 75.2 cm³/mol. The van der Waals surface area contributed by atoms with Crippen molar-refractivity contribution in [1.82, 2.24) is 5.32 Å². The third-order valence-electron chi connectivity index (χ3n) is 5.26. The lowest BCUT2D eigenvalue weighted by Gasteiger charge is -2.21. The van der Waals surface area contributed by atoms with Crippen molar-refractivity contribution in [2.45, 2.75) is 84.1 Å². The molecule has 0 spiro atoms. The highest BCUT2D eigenvalue weighted by atomic mass is 14.9. The highest BCUT2D eigenvalue weighted by Gasteiger charge is 2.40. The van der Waals surface area contributed by atoms with Crippen LogP contribution in [-0.2, 0) is 0 Å². The summed E-state index contributed by atoms with van der Waals surface area (Å²) < 4.78 is 0. The van der Waals surface area contributed by atoms with Crippen molar-refractivity contribution in [2.24, 2.45) is 11.3 Å². The van der Waals surface area contributed by atoms with Crippen molar-refractivity contribution in [3.63, 3.8) is 0 Å². The first-order valence-corrected chi connectivity index (χ1v) is 8.01. The summed E-state index contributed by atoms with van der Waals surface area (Å²) >= 11 is 0. The first-order valence-electron chi connectivity index (χ1n) is 8.01. The zero-order chi connectivity index (χ0) is 12.1. The highest BCUT2D eigenvalue weighted by molar-refractivity contribution is 4.94. The molecule has 2 atom stereocenters. The summed E-state index contributed by atoms with van der Waals surface area (Å²) in [6.07, 6.45) is 14.5. The number of hydrogen-bond acceptors (Lipinski definition) is 1. The molecular weight excluding hydrogens is 206 g/mol. The zero-order valence-electron chi connectivity index (χ0n) is 11.9. The molecule has 0 saturated heterocycles. The van der Waals surface area contributed by atoms with E-state index in [4.69, 9.17) is 0 Å². The van der Waals surface area contributed by atoms with Crippen LogP contribution in [0.5, 0.6) is 0 Å². The molecule has 0 aliphatic heterocycles. The average Bonchev–Trinajstić information content (AvgIpc) is 3.12. The SMILES string of the molecule is CCCC1CCCC(NCC2(CC)CC2)CC1. The molecule has 0 amide bonds. The standard InChI is InChI=1S/C16H31N/c1-3-6-14-7-5-8-15(10-9-14)17-13-16(4-2)11-12-16/h14-15,17H,3-13H2,1-2H3. The van der Waals surface area contributed by atoms with Gasteiger partial charge in [-0.15, -0.1) is 0 Å². The van der Waals surface area contributed by atoms with Crippen LogP contribution in [0.2, 0.25) is 0 Å². The quantitative estimate of drug-likeness (QED) is 0.670. The van der Waals surface area contributed by atoms with Gasteiger partial charge in [0.2, 0.25) is 0 Å². The Morgan fingerprint density at radius 1 is 1.06 bits per heavy atom. The lowest BCUT2D eigenvalue weighted by Crippen LogP contribution is -2.33. The normalized spacial score (nSPS) is 32.1. The summed E-state index contributed by atoms with van der Waals surface area (Å²) in [6, 6.07) is 0.834. The summed E-state index contributed by atoms with van der Waals surface area (Å²) in [6.45, 7) is 5.99. The average molecular weight is 237 g/mol. The van der Waals surface area contributed by atoms with E-state index in [0.29, 0.717) is 0 Å². The molecule has 2 unspecified atom stereocenters. The summed E-state index contributed by atoms with van der Waals surface area (Å²) in [5, 5.41) is 3.88. The Bertz CT molecular complexity index is 220. The van der Waals surface area contributed by atoms with Crippen molar-refractivity contribution in [3.05, 3.63) is 0 Å². The van der Waals surface area contributed by atoms with Gasteiger partial charge in [0.05, 0.1) is 0 Å². The number of hydrogen-bond donors (Lipinski definition) is 1. The molecule has 1 heteroatoms. The van der Waals surface area contributed by atoms with E-state index < -0.39 is 0 Å². The molecule has 0 aromatic carbocycles. The molecule has 0 bridgehead atoms. The van der Waals surface area contributed by atoms with Crippen molar-refractivity contribution in [3.8, 4) is 0 Å². The number of rotatable bonds is 6. The van der Waals surface area contributed by atoms with Gasteiger partial charge in [0.25, 0.3) is 0 Å². The largest absolute Gasteiger partial charge is 0.313 e. The molecule has 2 saturated carbocycles. The minimum absolute atomic E-state index is 0.717. The molecule has 1 nitrogen and oxygen atoms in total. The first-order chi connectivity index (χ1) is 8.28. The molecule has 2 fully saturated rings. The van der Waals surface area contributed by atoms with Gasteiger partial charge in [-0.05, 0) is 49.9 Å². The summed E-state index contributed by atoms with van der Waals surface area (Å²) in [5.41, 5.74) is 0.717. The van der Waals surface area contributed by atoms with E-state index in [1.54, 1.807) is 0 Å². The van der Waals surface area contributed by atoms with Gasteiger partial charge >= 0.3 is 0 Å². The van der Waals surface area contributed by atoms with E-state index in [9.17, 15) is 0 Å². The van der Waals surface area contributed by atoms with Crippen molar-refractivity contribution < 1.29 is 0 Å². The van der Waals surface area contributed by atoms with Gasteiger partial charge in [-0.25, -0.2) is 0 Å². The van der Waals surface area contributed by atoms with E-state index in [1.165, 1.54) is 70.8 Å². The fraction of sp³-hybridized carbons (Fsp3) is 1.00. The fourth-order valence-corrected chi connectivity index (χ4v) is 3.47. The molecule has 2 aliphatic rings. The summed E-state index contributed by atoms with van der Waals surface area (Å²) in [4.78, 5) is 0. The van der Waals surface area contributed by atoms with E-state index in [0.717, 1.165) is 17.4 Å². The van der Waals surface area contributed by atoms with Crippen LogP contribution >= 0.6 is 0 Å². The van der Waals surface area contributed by atoms with Crippen LogP contribution in [0, 0.1) is 11.3 Å². The van der Waals surface area contributed by atoms with Crippen LogP contribution in [0.25, 0.3) is 0 Å². The minimum atomic E-state index is 0.717. The van der Waals surface area contributed by atoms with E-state index >= 15 is 0 Å². The Kier molecular flexibility index (Phi) is 4.90. The Balaban J connectivity index is 1.68. The Hall–Kier alpha value is -0.0400. The molecule has 0 aromatic heterocycles. The maximum Gasteiger partial charge on any atom is 0.00673 e. The van der Waals surface area contributed by atoms with Gasteiger partial charge in [0.1, 0.15) is 0 Å². The second-order valence-corrected chi connectivity index (χ2v) is 6.59. The topological polar surface area (TPSA) is 12.0 Å². The van der Waals surface area contributed by atoms with Crippen LogP contribution in [0.4, 0.5) is 0 Å². The van der Waals surface area contributed by atoms with E-state index in [-0.39, 0.29) is 0 Å². The van der Waals surface area contributed by atoms with Gasteiger partial charge in [0, 0.05) is 12.6 Å². The molecule has 2 aliphatic carbocycles. The Morgan fingerprint density at radius 3 is 2.53 bits per heavy atom. The van der Waals surface area contributed by atoms with Gasteiger partial charge < -0.3 is 5.32 Å². The molecular formula is C16H31N. The first kappa shape index (κ1) is 13.4. The van der Waals surface area contributed by atoms with Crippen molar-refractivity contribution >= 4 is 0 Å². The van der Waals surface area contributed by atoms with Crippen LogP contribution in [0.1, 0.15) is 78.1 Å². The fourth-order valence-electron chi connectivity index (χ4n) is 3.47. The van der Waals surface area contributed by atoms with Crippen LogP contribution in [0.3, 0.4) is 0 Å². The zero-order valence-corrected chi connectivity index (χ0v) is 11.9. The summed E-state index contributed by atoms with van der Waals surface area (Å²) in [5.74, 6) is 1.04. The third-order valence-corrected chi connectivity index (χ3v) is 5.26. The number of nitrogens with one attached hydrogen (secondary N) is 1. The van der Waals surface area contributed by atoms with Crippen LogP contribution < -0.4 is 5.32 Å². The van der Waals surface area contributed by atoms with Gasteiger partial charge in [-0.1, -0.05) is 39.5 Å². The third kappa shape index (κ3) is 3.98. The van der Waals surface area contributed by atoms with Crippen molar-refractivity contribution in [2.75, 3.05) is 6.54 Å². The molecule has 2 rings (SSSR count). The molecule has 0 radical (unpaired) electrons. The minimum Gasteiger partial charge on any atom is -0.313 e. The van der Waals surface area contributed by atoms with Crippen molar-refractivity contribution in [1.29, 1.82) is 0 Å². The lowest BCUT2D eigenvalue weighted by atomic mass is 9.95. The second-order valence-electron chi connectivity index (χ2n) is 6.59. The maximum absolute atomic E-state index is 3.88. The Morgan fingerprint density at radius 2 is 1.88 bits per heavy atom. The van der Waals surface area contributed by atoms with Gasteiger partial charge in [-0.2, -0.15) is 0 Å². The predicted octanol–water partition coefficient (Wildman–Crippen LogP) is 4.52. The molecule has 0 heterocycles. The highest BCUT2D eigenvalue weighted by Crippen LogP contribution is 2.48. The lowest BCUT2D eigenvalue weighted by molar-refractivity contribution is 0.370. The van der Waals surface area contributed by atoms with Crippen LogP contribution in [-0.4, -0.2) is 12.6 Å². The molecule has 17 heavy (non-hydrogen) atoms. The Labute approximate surface area is 108 Å². The van der Waals surface area contributed by atoms with Crippen LogP contribution in [0.15, 0.2) is 0 Å². The van der Waals surface area contributed by atoms with Gasteiger partial charge in [0.15, 0.2) is 0 Å². The van der Waals surface area contributed by atoms with Gasteiger partial charge in [-0.3, -0.25) is 0 Å². The molecule has 0 aromatic rings. The molecule has 100 valence electrons. The smallest absolute Gasteiger partial charge is 0.00673 e. The monoisotopic (exact) mass is 237 g/mol.